The number of benzene rings is 2. The van der Waals surface area contributed by atoms with Crippen LogP contribution in [0.15, 0.2) is 161 Å². The highest BCUT2D eigenvalue weighted by Gasteiger charge is 2.66. The van der Waals surface area contributed by atoms with E-state index in [1.54, 1.807) is 80.7 Å². The molecule has 0 aromatic heterocycles. The van der Waals surface area contributed by atoms with Crippen LogP contribution in [0, 0.1) is 44.3 Å². The van der Waals surface area contributed by atoms with E-state index in [1.165, 1.54) is 134 Å². The minimum atomic E-state index is -1.79. The van der Waals surface area contributed by atoms with Crippen molar-refractivity contribution >= 4 is 0 Å². The summed E-state index contributed by atoms with van der Waals surface area (Å²) in [5.41, 5.74) is 35.3. The Morgan fingerprint density at radius 1 is 0.321 bits per heavy atom. The summed E-state index contributed by atoms with van der Waals surface area (Å²) in [7, 11) is 0. The number of fused-ring (bicyclic) bond motifs is 24. The minimum Gasteiger partial charge on any atom is -0.366 e. The second kappa shape index (κ2) is 28.6. The number of hydrogen-bond donors (Lipinski definition) is 0. The van der Waals surface area contributed by atoms with E-state index >= 15 is 0 Å². The molecule has 18 bridgehead atoms. The molecule has 18 aliphatic rings. The summed E-state index contributed by atoms with van der Waals surface area (Å²) in [6.07, 6.45) is 24.4. The van der Waals surface area contributed by atoms with Crippen LogP contribution in [0.2, 0.25) is 0 Å². The molecule has 18 atom stereocenters. The van der Waals surface area contributed by atoms with Gasteiger partial charge in [-0.25, -0.2) is 8.78 Å². The van der Waals surface area contributed by atoms with Crippen molar-refractivity contribution in [3.63, 3.8) is 0 Å². The topological polar surface area (TPSA) is 46.2 Å². The molecular formula is C105H154F2O5. The predicted molar refractivity (Wildman–Crippen MR) is 466 cm³/mol. The summed E-state index contributed by atoms with van der Waals surface area (Å²) in [5, 5.41) is 0. The van der Waals surface area contributed by atoms with E-state index in [2.05, 4.69) is 294 Å². The first-order valence-electron chi connectivity index (χ1n) is 44.2. The molecule has 0 amide bonds. The molecule has 0 spiro atoms. The number of alkyl halides is 2. The van der Waals surface area contributed by atoms with Crippen LogP contribution in [0.25, 0.3) is 0 Å². The molecule has 10 aliphatic heterocycles. The number of rotatable bonds is 0. The number of hydrogen-bond acceptors (Lipinski definition) is 5. The number of allylic oxidation sites excluding steroid dienone is 10. The molecule has 7 heteroatoms. The summed E-state index contributed by atoms with van der Waals surface area (Å²) in [6.45, 7) is 79.4. The zero-order chi connectivity index (χ0) is 83.2. The van der Waals surface area contributed by atoms with Gasteiger partial charge in [0.2, 0.25) is 11.7 Å². The van der Waals surface area contributed by atoms with Gasteiger partial charge in [0.25, 0.3) is 0 Å². The van der Waals surface area contributed by atoms with Gasteiger partial charge < -0.3 is 23.7 Å². The maximum Gasteiger partial charge on any atom is 0.234 e. The van der Waals surface area contributed by atoms with E-state index in [0.717, 1.165) is 23.7 Å². The summed E-state index contributed by atoms with van der Waals surface area (Å²) < 4.78 is 55.7. The summed E-state index contributed by atoms with van der Waals surface area (Å²) >= 11 is 0. The maximum absolute atomic E-state index is 13.5. The van der Waals surface area contributed by atoms with Gasteiger partial charge in [0.05, 0.1) is 46.3 Å². The largest absolute Gasteiger partial charge is 0.366 e. The van der Waals surface area contributed by atoms with Crippen LogP contribution >= 0.6 is 0 Å². The molecular weight excluding hydrogens is 1380 g/mol. The van der Waals surface area contributed by atoms with Gasteiger partial charge in [0, 0.05) is 35.5 Å². The van der Waals surface area contributed by atoms with Crippen LogP contribution in [0.3, 0.4) is 0 Å². The average Bonchev–Trinajstić information content (AvgIpc) is 1.52. The molecule has 18 unspecified atom stereocenters. The van der Waals surface area contributed by atoms with Gasteiger partial charge in [0.15, 0.2) is 0 Å². The number of halogens is 2. The van der Waals surface area contributed by atoms with Crippen LogP contribution in [0.1, 0.15) is 379 Å². The Bertz CT molecular complexity index is 4180. The molecule has 20 rings (SSSR count). The van der Waals surface area contributed by atoms with E-state index in [0.29, 0.717) is 61.9 Å². The first-order valence-corrected chi connectivity index (χ1v) is 44.2. The Hall–Kier alpha value is -4.50. The Morgan fingerprint density at radius 2 is 0.714 bits per heavy atom. The zero-order valence-electron chi connectivity index (χ0n) is 77.4. The van der Waals surface area contributed by atoms with Crippen LogP contribution in [0.4, 0.5) is 8.78 Å². The third-order valence-electron chi connectivity index (χ3n) is 35.8. The second-order valence-corrected chi connectivity index (χ2v) is 44.1. The van der Waals surface area contributed by atoms with Gasteiger partial charge in [-0.3, -0.25) is 0 Å². The highest BCUT2D eigenvalue weighted by molar-refractivity contribution is 5.62. The standard InChI is InChI=1S/C17H30.C15H18.C13H22O.C13H14.C12H20O.C10H16O.C9H12.C8H10F2O.C8H12O/c1-12-13(2)17(15(6,7)8)10-9-16(12,11-17)14(3,4)5;1-10-11(2)15(4)9-14(10,3)12-7-5-6-8-13(12)15;1-9-10(2)13(11(3,4)5)8-7-12(9,6)14-13;1-8-9(2)13-7-12(8)10-5-3-4-6-11(10)13;1-8-9(2)12(11(3,4)5)7-6-10(8)13-12;1-7-8(2)10(4)6-5-9(7,3)11-10;1-6-7(2)9-4-3-8(6)5-9;1-5-6(2)8(10)4-3-7(5,9)11-8;1-5-6(2)8-4-3-7(5)9-8/h9-11H2,1-8H3;5-8H,9H2,1-4H3;7-8H2,1-6H3;3-6,12-13H,7H2,1-2H3;10H,6-7H2,1-5H3;5-6H2,1-4H3;3-4,8-9H,5H2,1-2H3;3-4H2,1-2H3;7-8H,3-4H2,1-2H3. The molecule has 8 aliphatic carbocycles. The van der Waals surface area contributed by atoms with Crippen molar-refractivity contribution in [2.75, 3.05) is 0 Å². The predicted octanol–water partition coefficient (Wildman–Crippen LogP) is 29.7. The molecule has 0 N–H and O–H groups in total. The normalized spacial score (nSPS) is 40.1. The lowest BCUT2D eigenvalue weighted by Crippen LogP contribution is -2.42. The molecule has 5 nitrogen and oxygen atoms in total. The van der Waals surface area contributed by atoms with Gasteiger partial charge in [0.1, 0.15) is 0 Å². The van der Waals surface area contributed by atoms with Crippen molar-refractivity contribution in [3.05, 3.63) is 183 Å². The lowest BCUT2D eigenvalue weighted by molar-refractivity contribution is -0.167. The maximum atomic E-state index is 13.5. The van der Waals surface area contributed by atoms with Gasteiger partial charge in [-0.15, -0.1) is 0 Å². The Balaban J connectivity index is 0.000000118. The Morgan fingerprint density at radius 3 is 0.991 bits per heavy atom. The van der Waals surface area contributed by atoms with Crippen molar-refractivity contribution in [1.82, 2.24) is 0 Å². The zero-order valence-corrected chi connectivity index (χ0v) is 77.4. The summed E-state index contributed by atoms with van der Waals surface area (Å²) in [6, 6.07) is 17.9. The molecule has 5 saturated heterocycles. The first-order chi connectivity index (χ1) is 51.4. The van der Waals surface area contributed by atoms with Crippen LogP contribution in [-0.4, -0.2) is 58.0 Å². The molecule has 2 aromatic carbocycles. The van der Waals surface area contributed by atoms with Gasteiger partial charge in [-0.1, -0.05) is 202 Å². The molecule has 10 heterocycles. The van der Waals surface area contributed by atoms with Crippen LogP contribution < -0.4 is 0 Å². The van der Waals surface area contributed by atoms with Crippen LogP contribution in [-0.2, 0) is 34.5 Å². The van der Waals surface area contributed by atoms with E-state index in [1.807, 2.05) is 0 Å². The molecule has 618 valence electrons. The van der Waals surface area contributed by atoms with Crippen LogP contribution in [0.5, 0.6) is 0 Å². The van der Waals surface area contributed by atoms with E-state index in [9.17, 15) is 8.78 Å². The fourth-order valence-electron chi connectivity index (χ4n) is 25.8. The van der Waals surface area contributed by atoms with Crippen molar-refractivity contribution < 1.29 is 32.5 Å². The quantitative estimate of drug-likeness (QED) is 0.246. The monoisotopic (exact) mass is 1530 g/mol. The molecule has 1 saturated carbocycles. The Kier molecular flexibility index (Phi) is 22.2. The van der Waals surface area contributed by atoms with E-state index in [4.69, 9.17) is 18.9 Å². The van der Waals surface area contributed by atoms with E-state index < -0.39 is 11.7 Å². The highest BCUT2D eigenvalue weighted by Crippen LogP contribution is 2.74. The Labute approximate surface area is 681 Å². The third kappa shape index (κ3) is 13.3. The lowest BCUT2D eigenvalue weighted by atomic mass is 9.62. The summed E-state index contributed by atoms with van der Waals surface area (Å²) in [5.74, 6) is -0.454. The molecule has 6 fully saturated rings. The van der Waals surface area contributed by atoms with Crippen molar-refractivity contribution in [2.45, 2.75) is 426 Å². The first kappa shape index (κ1) is 86.8. The highest BCUT2D eigenvalue weighted by atomic mass is 19.2. The van der Waals surface area contributed by atoms with Gasteiger partial charge in [-0.05, 0) is 358 Å². The average molecular weight is 1530 g/mol. The fourth-order valence-corrected chi connectivity index (χ4v) is 25.8. The fraction of sp³-hybridized carbons (Fsp3) is 0.695. The lowest BCUT2D eigenvalue weighted by Gasteiger charge is -2.42. The van der Waals surface area contributed by atoms with E-state index in [-0.39, 0.29) is 51.7 Å². The molecule has 2 aromatic rings. The molecule has 112 heavy (non-hydrogen) atoms. The smallest absolute Gasteiger partial charge is 0.234 e. The van der Waals surface area contributed by atoms with Gasteiger partial charge >= 0.3 is 0 Å². The van der Waals surface area contributed by atoms with Crippen molar-refractivity contribution in [1.29, 1.82) is 0 Å². The molecule has 0 radical (unpaired) electrons. The second-order valence-electron chi connectivity index (χ2n) is 44.1. The number of ether oxygens (including phenoxy) is 5. The van der Waals surface area contributed by atoms with Crippen molar-refractivity contribution in [2.24, 2.45) is 44.3 Å². The summed E-state index contributed by atoms with van der Waals surface area (Å²) in [4.78, 5) is 0. The third-order valence-corrected chi connectivity index (χ3v) is 35.8. The minimum absolute atomic E-state index is 0.0197. The SMILES string of the molecule is CC1=C(C)C2(C(C)(C)C)CCC1(C(C)(C)C)C2.CC1=C(C)C2(C(C)(C)C)CCC1(C)O2.CC1=C(C)C2(C(C)(C)C)CCC1O2.CC1=C(C)C2(C)CC1(C)c1ccccc12.CC1=C(C)C2(C)CCC1(C)O2.CC1=C(C)C2(F)CCC1(F)O2.CC1=C(C)C2C=CC1C2.CC1=C(C)C2CC1c1ccccc12.CC1=C(C)C2CCC1O2. The van der Waals surface area contributed by atoms with Gasteiger partial charge in [-0.2, -0.15) is 0 Å². The van der Waals surface area contributed by atoms with Crippen molar-refractivity contribution in [3.8, 4) is 0 Å².